The molecule has 8 nitrogen and oxygen atoms in total. The van der Waals surface area contributed by atoms with E-state index in [4.69, 9.17) is 11.6 Å². The number of nitrogens with one attached hydrogen (secondary N) is 1. The highest BCUT2D eigenvalue weighted by Gasteiger charge is 2.31. The summed E-state index contributed by atoms with van der Waals surface area (Å²) in [6.45, 7) is 4.20. The molecule has 12 heteroatoms. The summed E-state index contributed by atoms with van der Waals surface area (Å²) in [4.78, 5) is 22.6. The fraction of sp³-hybridized carbons (Fsp3) is 0.391. The zero-order valence-corrected chi connectivity index (χ0v) is 19.9. The van der Waals surface area contributed by atoms with E-state index < -0.39 is 6.36 Å². The molecule has 0 amide bonds. The second-order valence-corrected chi connectivity index (χ2v) is 8.09. The van der Waals surface area contributed by atoms with Crippen LogP contribution < -0.4 is 20.5 Å². The van der Waals surface area contributed by atoms with Crippen LogP contribution in [-0.2, 0) is 7.05 Å². The Morgan fingerprint density at radius 2 is 1.91 bits per heavy atom. The number of hydrogen-bond donors (Lipinski definition) is 1. The second-order valence-electron chi connectivity index (χ2n) is 7.71. The first kappa shape index (κ1) is 26.1. The molecule has 1 aliphatic heterocycles. The second kappa shape index (κ2) is 11.3. The molecule has 0 unspecified atom stereocenters. The molecule has 1 saturated heterocycles. The summed E-state index contributed by atoms with van der Waals surface area (Å²) in [6.07, 6.45) is -0.355. The van der Waals surface area contributed by atoms with Crippen LogP contribution in [-0.4, -0.2) is 40.5 Å². The van der Waals surface area contributed by atoms with Crippen molar-refractivity contribution in [3.05, 3.63) is 51.5 Å². The van der Waals surface area contributed by atoms with Crippen molar-refractivity contribution in [2.24, 2.45) is 7.05 Å². The predicted molar refractivity (Wildman–Crippen MR) is 128 cm³/mol. The van der Waals surface area contributed by atoms with Gasteiger partial charge in [-0.25, -0.2) is 9.97 Å². The van der Waals surface area contributed by atoms with Gasteiger partial charge in [-0.05, 0) is 50.5 Å². The number of aromatic nitrogens is 3. The van der Waals surface area contributed by atoms with E-state index in [-0.39, 0.29) is 16.9 Å². The number of alkyl halides is 3. The van der Waals surface area contributed by atoms with Gasteiger partial charge in [-0.15, -0.1) is 13.2 Å². The number of hydrogen-bond acceptors (Lipinski definition) is 7. The standard InChI is InChI=1S/C15H15ClN4O.C8H9F3N2O/c1-19-11-5-6-12(16)18-13(11)14(10(9-17)15(19)21)20-7-3-2-4-8-20;1-2-12-7-4-3-6(5-13-7)14-8(9,10)11/h5-6H,2-4,7-8H2,1H3;3-5H,2H2,1H3,(H,12,13). The molecule has 0 bridgehead atoms. The third-order valence-corrected chi connectivity index (χ3v) is 5.50. The lowest BCUT2D eigenvalue weighted by Crippen LogP contribution is -2.33. The summed E-state index contributed by atoms with van der Waals surface area (Å²) in [5.41, 5.74) is 1.83. The van der Waals surface area contributed by atoms with E-state index in [2.05, 4.69) is 31.0 Å². The molecular formula is C23H24ClF3N6O2. The molecule has 3 aromatic heterocycles. The molecule has 4 rings (SSSR count). The van der Waals surface area contributed by atoms with Crippen LogP contribution >= 0.6 is 11.6 Å². The van der Waals surface area contributed by atoms with Crippen molar-refractivity contribution in [1.29, 1.82) is 5.26 Å². The van der Waals surface area contributed by atoms with Gasteiger partial charge in [0.25, 0.3) is 5.56 Å². The van der Waals surface area contributed by atoms with E-state index in [1.807, 2.05) is 6.92 Å². The highest BCUT2D eigenvalue weighted by molar-refractivity contribution is 6.29. The number of nitriles is 1. The Bertz CT molecular complexity index is 1270. The number of fused-ring (bicyclic) bond motifs is 1. The summed E-state index contributed by atoms with van der Waals surface area (Å²) in [7, 11) is 1.65. The number of nitrogens with zero attached hydrogens (tertiary/aromatic N) is 5. The van der Waals surface area contributed by atoms with E-state index in [1.54, 1.807) is 19.2 Å². The van der Waals surface area contributed by atoms with Crippen LogP contribution in [0.1, 0.15) is 31.7 Å². The van der Waals surface area contributed by atoms with Gasteiger partial charge < -0.3 is 19.5 Å². The lowest BCUT2D eigenvalue weighted by atomic mass is 10.1. The number of halogens is 4. The van der Waals surface area contributed by atoms with Crippen LogP contribution in [0.25, 0.3) is 11.0 Å². The molecule has 3 aromatic rings. The van der Waals surface area contributed by atoms with Gasteiger partial charge in [-0.3, -0.25) is 4.79 Å². The summed E-state index contributed by atoms with van der Waals surface area (Å²) in [6, 6.07) is 8.12. The Morgan fingerprint density at radius 1 is 1.20 bits per heavy atom. The number of aryl methyl sites for hydroxylation is 1. The Balaban J connectivity index is 0.000000214. The van der Waals surface area contributed by atoms with Crippen molar-refractivity contribution < 1.29 is 17.9 Å². The fourth-order valence-electron chi connectivity index (χ4n) is 3.76. The average Bonchev–Trinajstić information content (AvgIpc) is 2.82. The van der Waals surface area contributed by atoms with Crippen LogP contribution in [0.2, 0.25) is 5.15 Å². The minimum Gasteiger partial charge on any atom is -0.404 e. The first-order chi connectivity index (χ1) is 16.6. The van der Waals surface area contributed by atoms with Gasteiger partial charge >= 0.3 is 6.36 Å². The summed E-state index contributed by atoms with van der Waals surface area (Å²) in [5.74, 6) is 0.196. The van der Waals surface area contributed by atoms with Crippen molar-refractivity contribution in [2.75, 3.05) is 29.9 Å². The number of pyridine rings is 3. The van der Waals surface area contributed by atoms with E-state index in [9.17, 15) is 23.2 Å². The lowest BCUT2D eigenvalue weighted by molar-refractivity contribution is -0.274. The van der Waals surface area contributed by atoms with E-state index in [0.29, 0.717) is 34.2 Å². The molecule has 4 heterocycles. The maximum atomic E-state index is 12.4. The predicted octanol–water partition coefficient (Wildman–Crippen LogP) is 4.86. The third kappa shape index (κ3) is 6.54. The highest BCUT2D eigenvalue weighted by Crippen LogP contribution is 2.30. The van der Waals surface area contributed by atoms with Gasteiger partial charge in [-0.1, -0.05) is 11.6 Å². The number of piperidine rings is 1. The molecule has 0 aromatic carbocycles. The minimum absolute atomic E-state index is 0.154. The van der Waals surface area contributed by atoms with Crippen molar-refractivity contribution in [2.45, 2.75) is 32.5 Å². The molecule has 0 radical (unpaired) electrons. The normalized spacial score (nSPS) is 13.6. The monoisotopic (exact) mass is 508 g/mol. The van der Waals surface area contributed by atoms with E-state index >= 15 is 0 Å². The Morgan fingerprint density at radius 3 is 2.49 bits per heavy atom. The number of ether oxygens (including phenoxy) is 1. The van der Waals surface area contributed by atoms with Gasteiger partial charge in [-0.2, -0.15) is 5.26 Å². The summed E-state index contributed by atoms with van der Waals surface area (Å²) in [5, 5.41) is 12.6. The number of anilines is 2. The first-order valence-electron chi connectivity index (χ1n) is 10.9. The number of rotatable bonds is 4. The van der Waals surface area contributed by atoms with Crippen LogP contribution in [0.4, 0.5) is 24.7 Å². The fourth-order valence-corrected chi connectivity index (χ4v) is 3.90. The smallest absolute Gasteiger partial charge is 0.404 e. The molecule has 0 atom stereocenters. The quantitative estimate of drug-likeness (QED) is 0.503. The van der Waals surface area contributed by atoms with E-state index in [1.165, 1.54) is 23.1 Å². The van der Waals surface area contributed by atoms with Crippen LogP contribution in [0.3, 0.4) is 0 Å². The van der Waals surface area contributed by atoms with Crippen LogP contribution in [0, 0.1) is 11.3 Å². The van der Waals surface area contributed by atoms with Crippen molar-refractivity contribution >= 4 is 34.1 Å². The van der Waals surface area contributed by atoms with Gasteiger partial charge in [0.2, 0.25) is 0 Å². The molecule has 0 aliphatic carbocycles. The van der Waals surface area contributed by atoms with Gasteiger partial charge in [0.15, 0.2) is 0 Å². The molecule has 1 fully saturated rings. The maximum absolute atomic E-state index is 12.4. The molecule has 35 heavy (non-hydrogen) atoms. The van der Waals surface area contributed by atoms with E-state index in [0.717, 1.165) is 32.1 Å². The lowest BCUT2D eigenvalue weighted by Gasteiger charge is -2.30. The van der Waals surface area contributed by atoms with Crippen molar-refractivity contribution in [1.82, 2.24) is 14.5 Å². The molecule has 0 spiro atoms. The van der Waals surface area contributed by atoms with Gasteiger partial charge in [0.05, 0.1) is 17.4 Å². The van der Waals surface area contributed by atoms with Gasteiger partial charge in [0, 0.05) is 26.7 Å². The Hall–Kier alpha value is -3.52. The highest BCUT2D eigenvalue weighted by atomic mass is 35.5. The largest absolute Gasteiger partial charge is 0.573 e. The molecular weight excluding hydrogens is 485 g/mol. The Kier molecular flexibility index (Phi) is 8.40. The first-order valence-corrected chi connectivity index (χ1v) is 11.3. The molecule has 0 saturated carbocycles. The minimum atomic E-state index is -4.67. The summed E-state index contributed by atoms with van der Waals surface area (Å²) >= 11 is 6.02. The molecule has 186 valence electrons. The zero-order valence-electron chi connectivity index (χ0n) is 19.2. The maximum Gasteiger partial charge on any atom is 0.573 e. The van der Waals surface area contributed by atoms with Gasteiger partial charge in [0.1, 0.15) is 33.9 Å². The third-order valence-electron chi connectivity index (χ3n) is 5.29. The topological polar surface area (TPSA) is 96.1 Å². The molecule has 1 aliphatic rings. The molecule has 1 N–H and O–H groups in total. The van der Waals surface area contributed by atoms with Crippen molar-refractivity contribution in [3.63, 3.8) is 0 Å². The Labute approximate surface area is 204 Å². The van der Waals surface area contributed by atoms with Crippen LogP contribution in [0.15, 0.2) is 35.3 Å². The van der Waals surface area contributed by atoms with Crippen molar-refractivity contribution in [3.8, 4) is 11.8 Å². The SMILES string of the molecule is CCNc1ccc(OC(F)(F)F)cn1.Cn1c(=O)c(C#N)c(N2CCCCC2)c2nc(Cl)ccc21. The summed E-state index contributed by atoms with van der Waals surface area (Å²) < 4.78 is 40.3. The average molecular weight is 509 g/mol. The van der Waals surface area contributed by atoms with Crippen LogP contribution in [0.5, 0.6) is 5.75 Å². The zero-order chi connectivity index (χ0) is 25.6.